The molecular weight excluding hydrogens is 217 g/mol. The van der Waals surface area contributed by atoms with Crippen LogP contribution in [0.5, 0.6) is 0 Å². The molecule has 1 rings (SSSR count). The molecule has 0 saturated carbocycles. The smallest absolute Gasteiger partial charge is 0.197 e. The fourth-order valence-corrected chi connectivity index (χ4v) is 1.14. The number of halogens is 2. The average Bonchev–Trinajstić information content (AvgIpc) is 1.93. The minimum Gasteiger partial charge on any atom is -0.341 e. The molecule has 0 atom stereocenters. The minimum absolute atomic E-state index is 0.0944. The highest BCUT2D eigenvalue weighted by Crippen LogP contribution is 2.15. The van der Waals surface area contributed by atoms with E-state index >= 15 is 0 Å². The van der Waals surface area contributed by atoms with Gasteiger partial charge in [-0.25, -0.2) is 0 Å². The lowest BCUT2D eigenvalue weighted by atomic mass is 10.5. The number of hydrogen-bond acceptors (Lipinski definition) is 1. The molecule has 0 amide bonds. The molecule has 0 radical (unpaired) electrons. The molecule has 0 fully saturated rings. The van der Waals surface area contributed by atoms with Gasteiger partial charge in [-0.3, -0.25) is 4.79 Å². The summed E-state index contributed by atoms with van der Waals surface area (Å²) in [6, 6.07) is 1.45. The molecule has 0 aliphatic carbocycles. The molecule has 0 N–H and O–H groups in total. The largest absolute Gasteiger partial charge is 0.341 e. The van der Waals surface area contributed by atoms with Crippen LogP contribution in [0.15, 0.2) is 21.5 Å². The summed E-state index contributed by atoms with van der Waals surface area (Å²) >= 11 is 8.76. The van der Waals surface area contributed by atoms with Crippen LogP contribution in [0.1, 0.15) is 0 Å². The first kappa shape index (κ1) is 7.82. The van der Waals surface area contributed by atoms with E-state index in [2.05, 4.69) is 15.9 Å². The van der Waals surface area contributed by atoms with Gasteiger partial charge in [-0.2, -0.15) is 0 Å². The molecule has 0 aliphatic heterocycles. The molecule has 54 valence electrons. The van der Waals surface area contributed by atoms with Gasteiger partial charge in [0.1, 0.15) is 9.63 Å². The van der Waals surface area contributed by atoms with Gasteiger partial charge in [0, 0.05) is 19.3 Å². The molecule has 0 spiro atoms. The predicted molar refractivity (Wildman–Crippen MR) is 44.4 cm³/mol. The van der Waals surface area contributed by atoms with Crippen LogP contribution in [0.25, 0.3) is 0 Å². The van der Waals surface area contributed by atoms with Crippen LogP contribution in [-0.4, -0.2) is 4.57 Å². The summed E-state index contributed by atoms with van der Waals surface area (Å²) in [5, 5.41) is 0.424. The third-order valence-corrected chi connectivity index (χ3v) is 2.61. The fraction of sp³-hybridized carbons (Fsp3) is 0.167. The standard InChI is InChI=1S/C6H5BrClNO/c1-9-3-2-4(10)5(7)6(9)8/h2-3H,1H3. The van der Waals surface area contributed by atoms with E-state index in [1.54, 1.807) is 17.8 Å². The number of hydrogen-bond donors (Lipinski definition) is 0. The zero-order valence-corrected chi connectivity index (χ0v) is 7.61. The molecule has 4 heteroatoms. The monoisotopic (exact) mass is 221 g/mol. The normalized spacial score (nSPS) is 9.90. The summed E-state index contributed by atoms with van der Waals surface area (Å²) in [6.07, 6.45) is 1.62. The maximum atomic E-state index is 10.8. The van der Waals surface area contributed by atoms with Crippen molar-refractivity contribution in [3.63, 3.8) is 0 Å². The molecule has 0 unspecified atom stereocenters. The molecule has 2 nitrogen and oxygen atoms in total. The molecule has 0 bridgehead atoms. The van der Waals surface area contributed by atoms with Gasteiger partial charge in [-0.15, -0.1) is 0 Å². The predicted octanol–water partition coefficient (Wildman–Crippen LogP) is 1.80. The van der Waals surface area contributed by atoms with Gasteiger partial charge in [-0.05, 0) is 15.9 Å². The van der Waals surface area contributed by atoms with Crippen molar-refractivity contribution in [3.8, 4) is 0 Å². The Morgan fingerprint density at radius 1 is 1.70 bits per heavy atom. The Bertz CT molecular complexity index is 307. The van der Waals surface area contributed by atoms with Crippen molar-refractivity contribution in [2.45, 2.75) is 0 Å². The molecule has 1 heterocycles. The molecule has 0 aliphatic rings. The maximum absolute atomic E-state index is 10.8. The summed E-state index contributed by atoms with van der Waals surface area (Å²) < 4.78 is 2.08. The summed E-state index contributed by atoms with van der Waals surface area (Å²) in [7, 11) is 1.77. The third kappa shape index (κ3) is 1.25. The van der Waals surface area contributed by atoms with E-state index in [1.165, 1.54) is 6.07 Å². The number of rotatable bonds is 0. The van der Waals surface area contributed by atoms with Crippen molar-refractivity contribution in [2.24, 2.45) is 7.05 Å². The highest BCUT2D eigenvalue weighted by molar-refractivity contribution is 9.10. The summed E-state index contributed by atoms with van der Waals surface area (Å²) in [5.74, 6) is 0. The van der Waals surface area contributed by atoms with Crippen LogP contribution in [-0.2, 0) is 7.05 Å². The van der Waals surface area contributed by atoms with Gasteiger partial charge < -0.3 is 4.57 Å². The van der Waals surface area contributed by atoms with E-state index in [9.17, 15) is 4.79 Å². The Morgan fingerprint density at radius 2 is 2.30 bits per heavy atom. The number of aryl methyl sites for hydroxylation is 1. The Labute approximate surface area is 71.6 Å². The summed E-state index contributed by atoms with van der Waals surface area (Å²) in [5.41, 5.74) is -0.0944. The van der Waals surface area contributed by atoms with Gasteiger partial charge in [0.15, 0.2) is 5.43 Å². The second-order valence-corrected chi connectivity index (χ2v) is 3.05. The van der Waals surface area contributed by atoms with E-state index in [0.717, 1.165) is 0 Å². The van der Waals surface area contributed by atoms with Crippen LogP contribution in [0.3, 0.4) is 0 Å². The molecular formula is C6H5BrClNO. The average molecular weight is 222 g/mol. The van der Waals surface area contributed by atoms with Crippen LogP contribution >= 0.6 is 27.5 Å². The van der Waals surface area contributed by atoms with Crippen molar-refractivity contribution in [1.29, 1.82) is 0 Å². The third-order valence-electron chi connectivity index (χ3n) is 1.16. The van der Waals surface area contributed by atoms with E-state index in [4.69, 9.17) is 11.6 Å². The Kier molecular flexibility index (Phi) is 2.16. The lowest BCUT2D eigenvalue weighted by molar-refractivity contribution is 0.895. The molecule has 10 heavy (non-hydrogen) atoms. The molecule has 0 aromatic carbocycles. The van der Waals surface area contributed by atoms with E-state index < -0.39 is 0 Å². The molecule has 1 aromatic heterocycles. The first-order chi connectivity index (χ1) is 4.63. The molecule has 0 saturated heterocycles. The van der Waals surface area contributed by atoms with Crippen LogP contribution in [0.4, 0.5) is 0 Å². The zero-order chi connectivity index (χ0) is 7.72. The van der Waals surface area contributed by atoms with Crippen LogP contribution < -0.4 is 5.43 Å². The van der Waals surface area contributed by atoms with Crippen molar-refractivity contribution in [3.05, 3.63) is 32.1 Å². The topological polar surface area (TPSA) is 22.0 Å². The first-order valence-electron chi connectivity index (χ1n) is 2.63. The van der Waals surface area contributed by atoms with Crippen molar-refractivity contribution in [2.75, 3.05) is 0 Å². The van der Waals surface area contributed by atoms with Gasteiger partial charge in [0.2, 0.25) is 0 Å². The van der Waals surface area contributed by atoms with Gasteiger partial charge in [0.25, 0.3) is 0 Å². The number of pyridine rings is 1. The highest BCUT2D eigenvalue weighted by atomic mass is 79.9. The van der Waals surface area contributed by atoms with Crippen LogP contribution in [0, 0.1) is 0 Å². The van der Waals surface area contributed by atoms with Gasteiger partial charge >= 0.3 is 0 Å². The highest BCUT2D eigenvalue weighted by Gasteiger charge is 2.01. The Morgan fingerprint density at radius 3 is 2.80 bits per heavy atom. The van der Waals surface area contributed by atoms with Crippen LogP contribution in [0.2, 0.25) is 5.15 Å². The lowest BCUT2D eigenvalue weighted by Crippen LogP contribution is -2.05. The maximum Gasteiger partial charge on any atom is 0.197 e. The van der Waals surface area contributed by atoms with E-state index in [-0.39, 0.29) is 5.43 Å². The summed E-state index contributed by atoms with van der Waals surface area (Å²) in [4.78, 5) is 10.8. The van der Waals surface area contributed by atoms with E-state index in [0.29, 0.717) is 9.63 Å². The quantitative estimate of drug-likeness (QED) is 0.614. The fourth-order valence-electron chi connectivity index (χ4n) is 0.575. The Hall–Kier alpha value is -0.280. The summed E-state index contributed by atoms with van der Waals surface area (Å²) in [6.45, 7) is 0. The van der Waals surface area contributed by atoms with Crippen molar-refractivity contribution >= 4 is 27.5 Å². The second kappa shape index (κ2) is 2.76. The van der Waals surface area contributed by atoms with E-state index in [1.807, 2.05) is 0 Å². The van der Waals surface area contributed by atoms with Crippen molar-refractivity contribution < 1.29 is 0 Å². The first-order valence-corrected chi connectivity index (χ1v) is 3.80. The lowest BCUT2D eigenvalue weighted by Gasteiger charge is -2.00. The number of aromatic nitrogens is 1. The zero-order valence-electron chi connectivity index (χ0n) is 5.27. The van der Waals surface area contributed by atoms with Gasteiger partial charge in [0.05, 0.1) is 0 Å². The SMILES string of the molecule is Cn1ccc(=O)c(Br)c1Cl. The second-order valence-electron chi connectivity index (χ2n) is 1.90. The van der Waals surface area contributed by atoms with Gasteiger partial charge in [-0.1, -0.05) is 11.6 Å². The molecule has 1 aromatic rings. The minimum atomic E-state index is -0.0944. The number of nitrogens with zero attached hydrogens (tertiary/aromatic N) is 1. The van der Waals surface area contributed by atoms with Crippen molar-refractivity contribution in [1.82, 2.24) is 4.57 Å². The Balaban J connectivity index is 3.49.